The lowest BCUT2D eigenvalue weighted by atomic mass is 9.48. The topological polar surface area (TPSA) is 108 Å². The third-order valence-electron chi connectivity index (χ3n) is 8.91. The van der Waals surface area contributed by atoms with E-state index in [0.717, 1.165) is 42.6 Å². The van der Waals surface area contributed by atoms with Crippen LogP contribution in [0, 0.1) is 5.92 Å². The fraction of sp³-hybridized carbons (Fsp3) is 0.630. The molecule has 188 valence electrons. The van der Waals surface area contributed by atoms with Crippen LogP contribution >= 0.6 is 0 Å². The first-order chi connectivity index (χ1) is 16.9. The van der Waals surface area contributed by atoms with E-state index < -0.39 is 29.0 Å². The molecule has 1 amide bonds. The summed E-state index contributed by atoms with van der Waals surface area (Å²) in [5.41, 5.74) is 0.392. The highest BCUT2D eigenvalue weighted by atomic mass is 16.5. The van der Waals surface area contributed by atoms with Crippen molar-refractivity contribution in [2.24, 2.45) is 5.92 Å². The van der Waals surface area contributed by atoms with E-state index in [9.17, 15) is 19.8 Å². The number of hydrogen-bond donors (Lipinski definition) is 3. The summed E-state index contributed by atoms with van der Waals surface area (Å²) >= 11 is 0. The predicted octanol–water partition coefficient (Wildman–Crippen LogP) is 1.95. The Morgan fingerprint density at radius 3 is 2.86 bits per heavy atom. The zero-order chi connectivity index (χ0) is 24.4. The summed E-state index contributed by atoms with van der Waals surface area (Å²) in [5.74, 6) is 0.326. The number of aliphatic hydroxyl groups is 1. The molecule has 6 rings (SSSR count). The lowest BCUT2D eigenvalue weighted by molar-refractivity contribution is -0.192. The molecule has 8 heteroatoms. The van der Waals surface area contributed by atoms with Crippen molar-refractivity contribution >= 4 is 11.9 Å². The predicted molar refractivity (Wildman–Crippen MR) is 127 cm³/mol. The second kappa shape index (κ2) is 8.23. The van der Waals surface area contributed by atoms with Gasteiger partial charge < -0.3 is 25.0 Å². The van der Waals surface area contributed by atoms with Crippen LogP contribution < -0.4 is 10.1 Å². The Labute approximate surface area is 205 Å². The van der Waals surface area contributed by atoms with E-state index in [4.69, 9.17) is 9.47 Å². The fourth-order valence-corrected chi connectivity index (χ4v) is 7.25. The fourth-order valence-electron chi connectivity index (χ4n) is 7.25. The number of phenols is 1. The van der Waals surface area contributed by atoms with Gasteiger partial charge in [0.1, 0.15) is 6.10 Å². The number of aromatic hydroxyl groups is 1. The second-order valence-corrected chi connectivity index (χ2v) is 10.9. The Kier molecular flexibility index (Phi) is 5.38. The average Bonchev–Trinajstić information content (AvgIpc) is 3.58. The SMILES string of the molecule is CCCOC(=O)/C=C/C(=O)N[C@@H]1CC[C@@]2(O)C3Cc4ccc(O)c5c4C2(CCN3CC2CC2)C1O5. The van der Waals surface area contributed by atoms with E-state index in [1.165, 1.54) is 18.9 Å². The first kappa shape index (κ1) is 22.9. The third-order valence-corrected chi connectivity index (χ3v) is 8.91. The number of phenolic OH excluding ortho intramolecular Hbond substituents is 1. The molecule has 2 bridgehead atoms. The minimum Gasteiger partial charge on any atom is -0.504 e. The van der Waals surface area contributed by atoms with Gasteiger partial charge in [0.25, 0.3) is 0 Å². The van der Waals surface area contributed by atoms with E-state index in [-0.39, 0.29) is 17.8 Å². The number of ether oxygens (including phenoxy) is 2. The van der Waals surface area contributed by atoms with Crippen molar-refractivity contribution < 1.29 is 29.3 Å². The molecule has 5 atom stereocenters. The van der Waals surface area contributed by atoms with E-state index >= 15 is 0 Å². The summed E-state index contributed by atoms with van der Waals surface area (Å²) in [6, 6.07) is 3.30. The smallest absolute Gasteiger partial charge is 0.330 e. The molecule has 1 aromatic rings. The van der Waals surface area contributed by atoms with Gasteiger partial charge in [-0.15, -0.1) is 0 Å². The summed E-state index contributed by atoms with van der Waals surface area (Å²) in [4.78, 5) is 27.0. The molecule has 8 nitrogen and oxygen atoms in total. The standard InChI is InChI=1S/C27H34N2O6/c1-2-13-34-22(32)8-7-21(31)28-18-9-10-27(33)20-14-17-5-6-19(30)24-23(17)26(27,25(18)35-24)11-12-29(20)15-16-3-4-16/h5-8,16,18,20,25,30,33H,2-4,9-15H2,1H3,(H,28,31)/b8-7+/t18-,20?,25?,26?,27-/m1/s1. The first-order valence-corrected chi connectivity index (χ1v) is 13.0. The zero-order valence-corrected chi connectivity index (χ0v) is 20.2. The molecule has 2 heterocycles. The van der Waals surface area contributed by atoms with E-state index in [1.807, 2.05) is 13.0 Å². The summed E-state index contributed by atoms with van der Waals surface area (Å²) in [7, 11) is 0. The lowest BCUT2D eigenvalue weighted by Crippen LogP contribution is -2.78. The van der Waals surface area contributed by atoms with Crippen LogP contribution in [-0.2, 0) is 26.2 Å². The number of piperidine rings is 1. The van der Waals surface area contributed by atoms with Gasteiger partial charge in [0.15, 0.2) is 11.5 Å². The summed E-state index contributed by atoms with van der Waals surface area (Å²) in [6.45, 7) is 4.10. The average molecular weight is 483 g/mol. The van der Waals surface area contributed by atoms with Crippen molar-refractivity contribution in [1.82, 2.24) is 10.2 Å². The van der Waals surface area contributed by atoms with Gasteiger partial charge in [0.2, 0.25) is 5.91 Å². The van der Waals surface area contributed by atoms with Crippen molar-refractivity contribution in [3.63, 3.8) is 0 Å². The van der Waals surface area contributed by atoms with Crippen LogP contribution in [0.2, 0.25) is 0 Å². The maximum atomic E-state index is 12.7. The molecule has 0 radical (unpaired) electrons. The molecule has 2 saturated carbocycles. The van der Waals surface area contributed by atoms with Crippen LogP contribution in [0.15, 0.2) is 24.3 Å². The molecule has 3 aliphatic carbocycles. The summed E-state index contributed by atoms with van der Waals surface area (Å²) in [6.07, 6.45) is 7.65. The molecule has 3 fully saturated rings. The van der Waals surface area contributed by atoms with Gasteiger partial charge in [-0.3, -0.25) is 9.69 Å². The maximum absolute atomic E-state index is 12.7. The Morgan fingerprint density at radius 2 is 2.09 bits per heavy atom. The van der Waals surface area contributed by atoms with Crippen LogP contribution in [0.25, 0.3) is 0 Å². The molecular formula is C27H34N2O6. The largest absolute Gasteiger partial charge is 0.504 e. The molecular weight excluding hydrogens is 448 g/mol. The number of hydrogen-bond acceptors (Lipinski definition) is 7. The van der Waals surface area contributed by atoms with Gasteiger partial charge >= 0.3 is 5.97 Å². The minimum atomic E-state index is -0.988. The van der Waals surface area contributed by atoms with Crippen molar-refractivity contribution in [3.05, 3.63) is 35.4 Å². The number of carbonyl (C=O) groups excluding carboxylic acids is 2. The van der Waals surface area contributed by atoms with Crippen molar-refractivity contribution in [2.75, 3.05) is 19.7 Å². The van der Waals surface area contributed by atoms with Gasteiger partial charge in [-0.2, -0.15) is 0 Å². The van der Waals surface area contributed by atoms with Crippen LogP contribution in [-0.4, -0.2) is 70.5 Å². The summed E-state index contributed by atoms with van der Waals surface area (Å²) < 4.78 is 11.4. The lowest BCUT2D eigenvalue weighted by Gasteiger charge is -2.64. The van der Waals surface area contributed by atoms with Crippen LogP contribution in [0.3, 0.4) is 0 Å². The van der Waals surface area contributed by atoms with Crippen molar-refractivity contribution in [3.8, 4) is 11.5 Å². The Hall–Kier alpha value is -2.58. The number of benzene rings is 1. The van der Waals surface area contributed by atoms with Crippen molar-refractivity contribution in [1.29, 1.82) is 0 Å². The number of nitrogens with zero attached hydrogens (tertiary/aromatic N) is 1. The highest BCUT2D eigenvalue weighted by Gasteiger charge is 2.73. The van der Waals surface area contributed by atoms with E-state index in [0.29, 0.717) is 38.0 Å². The molecule has 1 aromatic carbocycles. The molecule has 1 saturated heterocycles. The number of nitrogens with one attached hydrogen (secondary N) is 1. The molecule has 5 aliphatic rings. The van der Waals surface area contributed by atoms with Gasteiger partial charge in [-0.05, 0) is 69.0 Å². The number of amides is 1. The zero-order valence-electron chi connectivity index (χ0n) is 20.2. The van der Waals surface area contributed by atoms with Crippen LogP contribution in [0.5, 0.6) is 11.5 Å². The Morgan fingerprint density at radius 1 is 1.26 bits per heavy atom. The number of esters is 1. The molecule has 1 spiro atoms. The first-order valence-electron chi connectivity index (χ1n) is 13.0. The normalized spacial score (nSPS) is 34.9. The van der Waals surface area contributed by atoms with Crippen LogP contribution in [0.1, 0.15) is 56.6 Å². The number of rotatable bonds is 7. The van der Waals surface area contributed by atoms with Gasteiger partial charge in [-0.25, -0.2) is 4.79 Å². The van der Waals surface area contributed by atoms with Gasteiger partial charge in [0.05, 0.1) is 23.7 Å². The quantitative estimate of drug-likeness (QED) is 0.403. The Balaban J connectivity index is 1.31. The van der Waals surface area contributed by atoms with Crippen molar-refractivity contribution in [2.45, 2.75) is 81.1 Å². The Bertz CT molecular complexity index is 1080. The number of likely N-dealkylation sites (tertiary alicyclic amines) is 1. The number of carbonyl (C=O) groups is 2. The minimum absolute atomic E-state index is 0.00386. The van der Waals surface area contributed by atoms with E-state index in [2.05, 4.69) is 10.2 Å². The van der Waals surface area contributed by atoms with Gasteiger partial charge in [-0.1, -0.05) is 13.0 Å². The molecule has 2 aliphatic heterocycles. The highest BCUT2D eigenvalue weighted by Crippen LogP contribution is 2.65. The highest BCUT2D eigenvalue weighted by molar-refractivity contribution is 5.94. The molecule has 35 heavy (non-hydrogen) atoms. The van der Waals surface area contributed by atoms with Gasteiger partial charge in [0, 0.05) is 30.3 Å². The summed E-state index contributed by atoms with van der Waals surface area (Å²) in [5, 5.41) is 26.1. The monoisotopic (exact) mass is 482 g/mol. The maximum Gasteiger partial charge on any atom is 0.330 e. The molecule has 0 aromatic heterocycles. The van der Waals surface area contributed by atoms with Crippen LogP contribution in [0.4, 0.5) is 0 Å². The second-order valence-electron chi connectivity index (χ2n) is 10.9. The van der Waals surface area contributed by atoms with E-state index in [1.54, 1.807) is 6.07 Å². The third kappa shape index (κ3) is 3.40. The molecule has 3 N–H and O–H groups in total. The molecule has 3 unspecified atom stereocenters.